The maximum atomic E-state index is 13.5. The first kappa shape index (κ1) is 14.5. The number of halogens is 1. The van der Waals surface area contributed by atoms with E-state index >= 15 is 0 Å². The number of hydrogen-bond acceptors (Lipinski definition) is 5. The molecule has 6 nitrogen and oxygen atoms in total. The summed E-state index contributed by atoms with van der Waals surface area (Å²) in [6, 6.07) is 8.86. The minimum Gasteiger partial charge on any atom is -0.491 e. The van der Waals surface area contributed by atoms with Crippen molar-refractivity contribution in [3.8, 4) is 28.3 Å². The predicted molar refractivity (Wildman–Crippen MR) is 90.2 cm³/mol. The SMILES string of the molecule is Nc1nc(-c2ccc3c(c2)NCCCO3)c(-c2ccnc(F)c2)[nH]1. The summed E-state index contributed by atoms with van der Waals surface area (Å²) in [5, 5.41) is 3.35. The Morgan fingerprint density at radius 1 is 1.17 bits per heavy atom. The fourth-order valence-electron chi connectivity index (χ4n) is 2.79. The number of nitrogen functional groups attached to an aromatic ring is 1. The molecule has 24 heavy (non-hydrogen) atoms. The lowest BCUT2D eigenvalue weighted by atomic mass is 10.0. The van der Waals surface area contributed by atoms with Crippen molar-refractivity contribution in [2.75, 3.05) is 24.2 Å². The highest BCUT2D eigenvalue weighted by molar-refractivity contribution is 5.82. The molecule has 0 spiro atoms. The van der Waals surface area contributed by atoms with E-state index in [2.05, 4.69) is 20.3 Å². The van der Waals surface area contributed by atoms with Crippen LogP contribution in [0.1, 0.15) is 6.42 Å². The Hall–Kier alpha value is -3.09. The number of ether oxygens (including phenoxy) is 1. The average molecular weight is 325 g/mol. The molecule has 3 heterocycles. The summed E-state index contributed by atoms with van der Waals surface area (Å²) in [6.07, 6.45) is 2.36. The van der Waals surface area contributed by atoms with E-state index in [1.807, 2.05) is 18.2 Å². The molecule has 4 N–H and O–H groups in total. The number of aromatic nitrogens is 3. The number of aromatic amines is 1. The Labute approximate surface area is 137 Å². The van der Waals surface area contributed by atoms with Gasteiger partial charge in [-0.3, -0.25) is 0 Å². The monoisotopic (exact) mass is 325 g/mol. The molecule has 0 saturated heterocycles. The molecule has 1 aliphatic heterocycles. The molecule has 3 aromatic rings. The standard InChI is InChI=1S/C17H16FN5O/c18-14-9-11(4-6-21-14)16-15(22-17(19)23-16)10-2-3-13-12(8-10)20-5-1-7-24-13/h2-4,6,8-9,20H,1,5,7H2,(H3,19,22,23). The fourth-order valence-corrected chi connectivity index (χ4v) is 2.79. The van der Waals surface area contributed by atoms with E-state index < -0.39 is 5.95 Å². The second-order valence-electron chi connectivity index (χ2n) is 5.55. The highest BCUT2D eigenvalue weighted by atomic mass is 19.1. The predicted octanol–water partition coefficient (Wildman–Crippen LogP) is 3.05. The summed E-state index contributed by atoms with van der Waals surface area (Å²) in [5.41, 5.74) is 9.58. The lowest BCUT2D eigenvalue weighted by Crippen LogP contribution is -2.00. The molecule has 0 saturated carbocycles. The van der Waals surface area contributed by atoms with Gasteiger partial charge in [0.2, 0.25) is 5.95 Å². The van der Waals surface area contributed by atoms with E-state index in [1.54, 1.807) is 6.07 Å². The number of nitrogens with two attached hydrogens (primary N) is 1. The lowest BCUT2D eigenvalue weighted by Gasteiger charge is -2.10. The number of nitrogens with one attached hydrogen (secondary N) is 2. The molecule has 0 bridgehead atoms. The summed E-state index contributed by atoms with van der Waals surface area (Å²) >= 11 is 0. The number of anilines is 2. The van der Waals surface area contributed by atoms with Crippen molar-refractivity contribution in [1.82, 2.24) is 15.0 Å². The van der Waals surface area contributed by atoms with Crippen LogP contribution in [0.3, 0.4) is 0 Å². The van der Waals surface area contributed by atoms with E-state index in [-0.39, 0.29) is 5.95 Å². The Balaban J connectivity index is 1.81. The maximum Gasteiger partial charge on any atom is 0.213 e. The van der Waals surface area contributed by atoms with Crippen LogP contribution in [0.5, 0.6) is 5.75 Å². The first-order valence-corrected chi connectivity index (χ1v) is 7.69. The number of rotatable bonds is 2. The van der Waals surface area contributed by atoms with E-state index in [0.29, 0.717) is 23.6 Å². The molecule has 7 heteroatoms. The minimum absolute atomic E-state index is 0.274. The van der Waals surface area contributed by atoms with Gasteiger partial charge in [0.05, 0.1) is 23.7 Å². The quantitative estimate of drug-likeness (QED) is 0.630. The van der Waals surface area contributed by atoms with Gasteiger partial charge >= 0.3 is 0 Å². The Kier molecular flexibility index (Phi) is 3.53. The first-order chi connectivity index (χ1) is 11.7. The Morgan fingerprint density at radius 3 is 2.96 bits per heavy atom. The molecule has 0 atom stereocenters. The van der Waals surface area contributed by atoms with Gasteiger partial charge in [-0.1, -0.05) is 0 Å². The van der Waals surface area contributed by atoms with Crippen molar-refractivity contribution in [2.24, 2.45) is 0 Å². The van der Waals surface area contributed by atoms with Crippen molar-refractivity contribution in [1.29, 1.82) is 0 Å². The number of pyridine rings is 1. The topological polar surface area (TPSA) is 88.8 Å². The summed E-state index contributed by atoms with van der Waals surface area (Å²) in [5.74, 6) is 0.538. The summed E-state index contributed by atoms with van der Waals surface area (Å²) in [6.45, 7) is 1.54. The van der Waals surface area contributed by atoms with Crippen molar-refractivity contribution >= 4 is 11.6 Å². The van der Waals surface area contributed by atoms with Gasteiger partial charge in [0.25, 0.3) is 0 Å². The van der Waals surface area contributed by atoms with Crippen LogP contribution in [0, 0.1) is 5.95 Å². The van der Waals surface area contributed by atoms with Gasteiger partial charge in [0.15, 0.2) is 5.95 Å². The van der Waals surface area contributed by atoms with Crippen LogP contribution >= 0.6 is 0 Å². The van der Waals surface area contributed by atoms with Gasteiger partial charge in [-0.15, -0.1) is 0 Å². The maximum absolute atomic E-state index is 13.5. The molecule has 1 aliphatic rings. The summed E-state index contributed by atoms with van der Waals surface area (Å²) < 4.78 is 19.2. The third-order valence-electron chi connectivity index (χ3n) is 3.88. The van der Waals surface area contributed by atoms with Crippen LogP contribution in [0.4, 0.5) is 16.0 Å². The zero-order valence-corrected chi connectivity index (χ0v) is 12.8. The van der Waals surface area contributed by atoms with Gasteiger partial charge in [-0.05, 0) is 30.7 Å². The lowest BCUT2D eigenvalue weighted by molar-refractivity contribution is 0.323. The van der Waals surface area contributed by atoms with Crippen molar-refractivity contribution < 1.29 is 9.13 Å². The van der Waals surface area contributed by atoms with Crippen LogP contribution in [0.2, 0.25) is 0 Å². The first-order valence-electron chi connectivity index (χ1n) is 7.69. The molecule has 122 valence electrons. The highest BCUT2D eigenvalue weighted by Gasteiger charge is 2.16. The molecule has 4 rings (SSSR count). The molecule has 1 aromatic carbocycles. The number of hydrogen-bond donors (Lipinski definition) is 3. The zero-order valence-electron chi connectivity index (χ0n) is 12.8. The molecule has 0 amide bonds. The Bertz CT molecular complexity index is 892. The molecular formula is C17H16FN5O. The molecule has 2 aromatic heterocycles. The van der Waals surface area contributed by atoms with Crippen molar-refractivity contribution in [2.45, 2.75) is 6.42 Å². The normalized spacial score (nSPS) is 13.5. The molecule has 0 aliphatic carbocycles. The third-order valence-corrected chi connectivity index (χ3v) is 3.88. The molecule has 0 radical (unpaired) electrons. The van der Waals surface area contributed by atoms with Gasteiger partial charge < -0.3 is 20.8 Å². The van der Waals surface area contributed by atoms with E-state index in [9.17, 15) is 4.39 Å². The number of benzene rings is 1. The highest BCUT2D eigenvalue weighted by Crippen LogP contribution is 2.36. The van der Waals surface area contributed by atoms with Crippen LogP contribution < -0.4 is 15.8 Å². The van der Waals surface area contributed by atoms with Gasteiger partial charge in [-0.2, -0.15) is 4.39 Å². The summed E-state index contributed by atoms with van der Waals surface area (Å²) in [7, 11) is 0. The second-order valence-corrected chi connectivity index (χ2v) is 5.55. The molecule has 0 fully saturated rings. The number of H-pyrrole nitrogens is 1. The number of imidazole rings is 1. The van der Waals surface area contributed by atoms with Crippen molar-refractivity contribution in [3.63, 3.8) is 0 Å². The zero-order chi connectivity index (χ0) is 16.5. The van der Waals surface area contributed by atoms with Crippen LogP contribution in [-0.4, -0.2) is 28.1 Å². The third kappa shape index (κ3) is 2.64. The fraction of sp³-hybridized carbons (Fsp3) is 0.176. The van der Waals surface area contributed by atoms with Gasteiger partial charge in [-0.25, -0.2) is 9.97 Å². The largest absolute Gasteiger partial charge is 0.491 e. The van der Waals surface area contributed by atoms with Crippen LogP contribution in [0.25, 0.3) is 22.5 Å². The second kappa shape index (κ2) is 5.84. The van der Waals surface area contributed by atoms with Crippen LogP contribution in [0.15, 0.2) is 36.5 Å². The molecular weight excluding hydrogens is 309 g/mol. The van der Waals surface area contributed by atoms with Crippen molar-refractivity contribution in [3.05, 3.63) is 42.5 Å². The summed E-state index contributed by atoms with van der Waals surface area (Å²) in [4.78, 5) is 11.0. The smallest absolute Gasteiger partial charge is 0.213 e. The molecule has 0 unspecified atom stereocenters. The van der Waals surface area contributed by atoms with E-state index in [4.69, 9.17) is 10.5 Å². The Morgan fingerprint density at radius 2 is 2.08 bits per heavy atom. The van der Waals surface area contributed by atoms with E-state index in [0.717, 1.165) is 30.0 Å². The number of fused-ring (bicyclic) bond motifs is 1. The number of nitrogens with zero attached hydrogens (tertiary/aromatic N) is 2. The van der Waals surface area contributed by atoms with Gasteiger partial charge in [0, 0.05) is 29.9 Å². The van der Waals surface area contributed by atoms with Gasteiger partial charge in [0.1, 0.15) is 5.75 Å². The minimum atomic E-state index is -0.552. The average Bonchev–Trinajstić information content (AvgIpc) is 2.82. The van der Waals surface area contributed by atoms with Crippen LogP contribution in [-0.2, 0) is 0 Å². The van der Waals surface area contributed by atoms with E-state index in [1.165, 1.54) is 12.3 Å².